The van der Waals surface area contributed by atoms with Crippen LogP contribution in [0.5, 0.6) is 5.75 Å². The number of nitrogens with zero attached hydrogens (tertiary/aromatic N) is 2. The van der Waals surface area contributed by atoms with Crippen LogP contribution in [-0.2, 0) is 6.54 Å². The highest BCUT2D eigenvalue weighted by atomic mass is 79.9. The van der Waals surface area contributed by atoms with Crippen LogP contribution in [0.4, 0.5) is 0 Å². The van der Waals surface area contributed by atoms with E-state index in [2.05, 4.69) is 25.9 Å². The number of fused-ring (bicyclic) bond motifs is 1. The van der Waals surface area contributed by atoms with E-state index in [0.717, 1.165) is 26.8 Å². The minimum absolute atomic E-state index is 0.0523. The number of carbonyl (C=O) groups is 1. The van der Waals surface area contributed by atoms with Crippen molar-refractivity contribution in [2.24, 2.45) is 0 Å². The highest BCUT2D eigenvalue weighted by Crippen LogP contribution is 2.24. The van der Waals surface area contributed by atoms with Crippen molar-refractivity contribution in [2.75, 3.05) is 14.2 Å². The second kappa shape index (κ2) is 6.42. The van der Waals surface area contributed by atoms with E-state index >= 15 is 0 Å². The van der Waals surface area contributed by atoms with Crippen molar-refractivity contribution in [3.8, 4) is 5.75 Å². The van der Waals surface area contributed by atoms with E-state index in [1.54, 1.807) is 31.5 Å². The molecular weight excluding hydrogens is 358 g/mol. The van der Waals surface area contributed by atoms with Gasteiger partial charge in [-0.3, -0.25) is 4.79 Å². The van der Waals surface area contributed by atoms with Crippen LogP contribution in [0, 0.1) is 0 Å². The first-order valence-electron chi connectivity index (χ1n) is 7.09. The van der Waals surface area contributed by atoms with Crippen LogP contribution < -0.4 is 4.74 Å². The number of hydrogen-bond acceptors (Lipinski definition) is 3. The van der Waals surface area contributed by atoms with Crippen LogP contribution >= 0.6 is 15.9 Å². The number of aromatic amines is 1. The fourth-order valence-electron chi connectivity index (χ4n) is 2.49. The number of benzene rings is 2. The smallest absolute Gasteiger partial charge is 0.253 e. The molecule has 0 aliphatic rings. The van der Waals surface area contributed by atoms with Gasteiger partial charge in [-0.25, -0.2) is 4.98 Å². The maximum Gasteiger partial charge on any atom is 0.253 e. The van der Waals surface area contributed by atoms with E-state index < -0.39 is 0 Å². The van der Waals surface area contributed by atoms with Crippen molar-refractivity contribution in [1.29, 1.82) is 0 Å². The van der Waals surface area contributed by atoms with Crippen LogP contribution in [0.3, 0.4) is 0 Å². The van der Waals surface area contributed by atoms with Crippen molar-refractivity contribution < 1.29 is 9.53 Å². The molecule has 1 aromatic heterocycles. The maximum atomic E-state index is 12.6. The van der Waals surface area contributed by atoms with Gasteiger partial charge in [-0.05, 0) is 36.4 Å². The summed E-state index contributed by atoms with van der Waals surface area (Å²) in [5.41, 5.74) is 3.26. The molecule has 0 unspecified atom stereocenters. The van der Waals surface area contributed by atoms with Gasteiger partial charge < -0.3 is 14.6 Å². The monoisotopic (exact) mass is 373 g/mol. The standard InChI is InChI=1S/C17H16BrN3O2/c1-21(9-12-7-13(18)4-6-16(12)23-2)17(22)11-3-5-14-15(8-11)20-10-19-14/h3-8,10H,9H2,1-2H3,(H,19,20). The second-order valence-electron chi connectivity index (χ2n) is 5.25. The highest BCUT2D eigenvalue weighted by molar-refractivity contribution is 9.10. The zero-order chi connectivity index (χ0) is 16.4. The Labute approximate surface area is 142 Å². The summed E-state index contributed by atoms with van der Waals surface area (Å²) in [7, 11) is 3.40. The molecule has 118 valence electrons. The summed E-state index contributed by atoms with van der Waals surface area (Å²) in [5, 5.41) is 0. The lowest BCUT2D eigenvalue weighted by atomic mass is 10.1. The van der Waals surface area contributed by atoms with Crippen molar-refractivity contribution >= 4 is 32.9 Å². The van der Waals surface area contributed by atoms with Gasteiger partial charge in [0.1, 0.15) is 5.75 Å². The average molecular weight is 374 g/mol. The molecular formula is C17H16BrN3O2. The Morgan fingerprint density at radius 2 is 2.13 bits per heavy atom. The first kappa shape index (κ1) is 15.6. The quantitative estimate of drug-likeness (QED) is 0.759. The fourth-order valence-corrected chi connectivity index (χ4v) is 2.90. The van der Waals surface area contributed by atoms with Gasteiger partial charge in [0, 0.05) is 29.2 Å². The Hall–Kier alpha value is -2.34. The number of imidazole rings is 1. The number of rotatable bonds is 4. The molecule has 3 rings (SSSR count). The van der Waals surface area contributed by atoms with E-state index in [0.29, 0.717) is 12.1 Å². The van der Waals surface area contributed by atoms with Crippen LogP contribution in [-0.4, -0.2) is 34.9 Å². The molecule has 1 N–H and O–H groups in total. The third-order valence-electron chi connectivity index (χ3n) is 3.66. The molecule has 1 amide bonds. The number of amides is 1. The largest absolute Gasteiger partial charge is 0.496 e. The first-order valence-corrected chi connectivity index (χ1v) is 7.89. The number of aromatic nitrogens is 2. The first-order chi connectivity index (χ1) is 11.1. The van der Waals surface area contributed by atoms with Gasteiger partial charge in [0.15, 0.2) is 0 Å². The van der Waals surface area contributed by atoms with Gasteiger partial charge in [-0.2, -0.15) is 0 Å². The minimum atomic E-state index is -0.0523. The molecule has 5 nitrogen and oxygen atoms in total. The molecule has 0 aliphatic carbocycles. The van der Waals surface area contributed by atoms with Crippen LogP contribution in [0.1, 0.15) is 15.9 Å². The molecule has 1 heterocycles. The Morgan fingerprint density at radius 3 is 2.91 bits per heavy atom. The van der Waals surface area contributed by atoms with Crippen molar-refractivity contribution in [2.45, 2.75) is 6.54 Å². The normalized spacial score (nSPS) is 10.7. The summed E-state index contributed by atoms with van der Waals surface area (Å²) < 4.78 is 6.31. The summed E-state index contributed by atoms with van der Waals surface area (Å²) in [6.07, 6.45) is 1.62. The van der Waals surface area contributed by atoms with Gasteiger partial charge in [0.05, 0.1) is 24.5 Å². The zero-order valence-electron chi connectivity index (χ0n) is 12.8. The summed E-state index contributed by atoms with van der Waals surface area (Å²) in [6.45, 7) is 0.461. The van der Waals surface area contributed by atoms with Gasteiger partial charge in [0.25, 0.3) is 5.91 Å². The predicted molar refractivity (Wildman–Crippen MR) is 92.6 cm³/mol. The number of ether oxygens (including phenoxy) is 1. The molecule has 0 spiro atoms. The average Bonchev–Trinajstić information content (AvgIpc) is 3.01. The Morgan fingerprint density at radius 1 is 1.30 bits per heavy atom. The predicted octanol–water partition coefficient (Wildman–Crippen LogP) is 3.61. The molecule has 3 aromatic rings. The number of halogens is 1. The van der Waals surface area contributed by atoms with Crippen molar-refractivity contribution in [1.82, 2.24) is 14.9 Å². The van der Waals surface area contributed by atoms with E-state index in [-0.39, 0.29) is 5.91 Å². The summed E-state index contributed by atoms with van der Waals surface area (Å²) in [5.74, 6) is 0.709. The molecule has 0 atom stereocenters. The van der Waals surface area contributed by atoms with Crippen LogP contribution in [0.2, 0.25) is 0 Å². The SMILES string of the molecule is COc1ccc(Br)cc1CN(C)C(=O)c1ccc2nc[nH]c2c1. The lowest BCUT2D eigenvalue weighted by Gasteiger charge is -2.19. The Balaban J connectivity index is 1.83. The highest BCUT2D eigenvalue weighted by Gasteiger charge is 2.15. The maximum absolute atomic E-state index is 12.6. The van der Waals surface area contributed by atoms with Gasteiger partial charge in [-0.15, -0.1) is 0 Å². The minimum Gasteiger partial charge on any atom is -0.496 e. The van der Waals surface area contributed by atoms with E-state index in [1.807, 2.05) is 30.3 Å². The van der Waals surface area contributed by atoms with Crippen molar-refractivity contribution in [3.05, 3.63) is 58.3 Å². The van der Waals surface area contributed by atoms with E-state index in [4.69, 9.17) is 4.74 Å². The van der Waals surface area contributed by atoms with Gasteiger partial charge >= 0.3 is 0 Å². The number of methoxy groups -OCH3 is 1. The number of carbonyl (C=O) groups excluding carboxylic acids is 1. The number of hydrogen-bond donors (Lipinski definition) is 1. The number of H-pyrrole nitrogens is 1. The number of nitrogens with one attached hydrogen (secondary N) is 1. The lowest BCUT2D eigenvalue weighted by Crippen LogP contribution is -2.26. The molecule has 0 saturated carbocycles. The summed E-state index contributed by atoms with van der Waals surface area (Å²) >= 11 is 3.45. The van der Waals surface area contributed by atoms with Crippen LogP contribution in [0.15, 0.2) is 47.2 Å². The van der Waals surface area contributed by atoms with E-state index in [9.17, 15) is 4.79 Å². The molecule has 2 aromatic carbocycles. The molecule has 0 bridgehead atoms. The van der Waals surface area contributed by atoms with Gasteiger partial charge in [-0.1, -0.05) is 15.9 Å². The second-order valence-corrected chi connectivity index (χ2v) is 6.17. The molecule has 0 radical (unpaired) electrons. The third kappa shape index (κ3) is 3.22. The molecule has 0 aliphatic heterocycles. The molecule has 23 heavy (non-hydrogen) atoms. The van der Waals surface area contributed by atoms with Crippen LogP contribution in [0.25, 0.3) is 11.0 Å². The Bertz CT molecular complexity index is 860. The fraction of sp³-hybridized carbons (Fsp3) is 0.176. The molecule has 6 heteroatoms. The Kier molecular flexibility index (Phi) is 4.34. The molecule has 0 fully saturated rings. The topological polar surface area (TPSA) is 58.2 Å². The zero-order valence-corrected chi connectivity index (χ0v) is 14.4. The van der Waals surface area contributed by atoms with Crippen molar-refractivity contribution in [3.63, 3.8) is 0 Å². The third-order valence-corrected chi connectivity index (χ3v) is 4.16. The van der Waals surface area contributed by atoms with E-state index in [1.165, 1.54) is 0 Å². The van der Waals surface area contributed by atoms with Gasteiger partial charge in [0.2, 0.25) is 0 Å². The summed E-state index contributed by atoms with van der Waals surface area (Å²) in [4.78, 5) is 21.5. The molecule has 0 saturated heterocycles. The summed E-state index contributed by atoms with van der Waals surface area (Å²) in [6, 6.07) is 11.2. The lowest BCUT2D eigenvalue weighted by molar-refractivity contribution is 0.0784.